The van der Waals surface area contributed by atoms with Crippen LogP contribution in [0.5, 0.6) is 17.2 Å². The molecule has 0 bridgehead atoms. The van der Waals surface area contributed by atoms with E-state index in [-0.39, 0.29) is 16.7 Å². The second-order valence-corrected chi connectivity index (χ2v) is 9.73. The summed E-state index contributed by atoms with van der Waals surface area (Å²) >= 11 is 0. The molecule has 1 fully saturated rings. The van der Waals surface area contributed by atoms with E-state index in [0.717, 1.165) is 11.3 Å². The Kier molecular flexibility index (Phi) is 8.33. The van der Waals surface area contributed by atoms with Crippen LogP contribution in [0.1, 0.15) is 70.7 Å². The van der Waals surface area contributed by atoms with Crippen molar-refractivity contribution >= 4 is 17.4 Å². The van der Waals surface area contributed by atoms with Gasteiger partial charge in [0, 0.05) is 17.7 Å². The standard InChI is InChI=1S/C29H37NO6/c1-8-15-30-25(18-11-14-22(36-10-3)23(17-18)34-7)24(27(32)28(30)33)26(31)19-12-13-21(35-9-2)20(16-19)29(4,5)6/h11-14,16-17,25,31H,8-10,15H2,1-7H3/b26-24+. The Balaban J connectivity index is 2.23. The summed E-state index contributed by atoms with van der Waals surface area (Å²) in [5.74, 6) is 0.243. The lowest BCUT2D eigenvalue weighted by molar-refractivity contribution is -0.139. The van der Waals surface area contributed by atoms with Gasteiger partial charge < -0.3 is 24.2 Å². The SMILES string of the molecule is CCCN1C(=O)C(=O)/C(=C(/O)c2ccc(OCC)c(C(C)(C)C)c2)C1c1ccc(OCC)c(OC)c1. The van der Waals surface area contributed by atoms with Crippen LogP contribution in [0.3, 0.4) is 0 Å². The third kappa shape index (κ3) is 5.20. The van der Waals surface area contributed by atoms with E-state index < -0.39 is 17.7 Å². The third-order valence-electron chi connectivity index (χ3n) is 6.17. The van der Waals surface area contributed by atoms with Crippen LogP contribution in [-0.2, 0) is 15.0 Å². The molecule has 0 radical (unpaired) electrons. The summed E-state index contributed by atoms with van der Waals surface area (Å²) in [5, 5.41) is 11.5. The van der Waals surface area contributed by atoms with Gasteiger partial charge in [0.15, 0.2) is 11.5 Å². The molecular formula is C29H37NO6. The summed E-state index contributed by atoms with van der Waals surface area (Å²) in [4.78, 5) is 27.9. The molecule has 7 nitrogen and oxygen atoms in total. The van der Waals surface area contributed by atoms with Crippen molar-refractivity contribution in [3.8, 4) is 17.2 Å². The minimum atomic E-state index is -0.751. The summed E-state index contributed by atoms with van der Waals surface area (Å²) < 4.78 is 17.0. The van der Waals surface area contributed by atoms with Gasteiger partial charge in [-0.05, 0) is 61.6 Å². The van der Waals surface area contributed by atoms with Crippen LogP contribution in [0.2, 0.25) is 0 Å². The summed E-state index contributed by atoms with van der Waals surface area (Å²) in [6, 6.07) is 9.94. The molecular weight excluding hydrogens is 458 g/mol. The quantitative estimate of drug-likeness (QED) is 0.276. The zero-order chi connectivity index (χ0) is 26.6. The van der Waals surface area contributed by atoms with Crippen molar-refractivity contribution in [3.63, 3.8) is 0 Å². The topological polar surface area (TPSA) is 85.3 Å². The van der Waals surface area contributed by atoms with Crippen LogP contribution in [0.4, 0.5) is 0 Å². The van der Waals surface area contributed by atoms with Crippen LogP contribution >= 0.6 is 0 Å². The Hall–Kier alpha value is -3.48. The number of likely N-dealkylation sites (tertiary alicyclic amines) is 1. The fourth-order valence-electron chi connectivity index (χ4n) is 4.53. The third-order valence-corrected chi connectivity index (χ3v) is 6.17. The second-order valence-electron chi connectivity index (χ2n) is 9.73. The zero-order valence-corrected chi connectivity index (χ0v) is 22.3. The summed E-state index contributed by atoms with van der Waals surface area (Å²) in [7, 11) is 1.54. The fourth-order valence-corrected chi connectivity index (χ4v) is 4.53. The number of carbonyl (C=O) groups excluding carboxylic acids is 2. The molecule has 0 aliphatic carbocycles. The zero-order valence-electron chi connectivity index (χ0n) is 22.3. The van der Waals surface area contributed by atoms with Gasteiger partial charge in [0.05, 0.1) is 31.9 Å². The highest BCUT2D eigenvalue weighted by Crippen LogP contribution is 2.43. The monoisotopic (exact) mass is 495 g/mol. The minimum Gasteiger partial charge on any atom is -0.507 e. The predicted molar refractivity (Wildman–Crippen MR) is 140 cm³/mol. The highest BCUT2D eigenvalue weighted by atomic mass is 16.5. The molecule has 3 rings (SSSR count). The number of nitrogens with zero attached hydrogens (tertiary/aromatic N) is 1. The minimum absolute atomic E-state index is 0.0590. The Morgan fingerprint density at radius 3 is 2.17 bits per heavy atom. The predicted octanol–water partition coefficient (Wildman–Crippen LogP) is 5.62. The maximum absolute atomic E-state index is 13.3. The number of aliphatic hydroxyl groups is 1. The Morgan fingerprint density at radius 2 is 1.58 bits per heavy atom. The van der Waals surface area contributed by atoms with Gasteiger partial charge in [-0.25, -0.2) is 0 Å². The van der Waals surface area contributed by atoms with Crippen molar-refractivity contribution in [2.24, 2.45) is 0 Å². The number of aliphatic hydroxyl groups excluding tert-OH is 1. The first-order valence-electron chi connectivity index (χ1n) is 12.5. The van der Waals surface area contributed by atoms with Crippen molar-refractivity contribution < 1.29 is 28.9 Å². The average molecular weight is 496 g/mol. The number of ether oxygens (including phenoxy) is 3. The van der Waals surface area contributed by atoms with Crippen LogP contribution in [0.25, 0.3) is 5.76 Å². The molecule has 1 aliphatic heterocycles. The first-order valence-corrected chi connectivity index (χ1v) is 12.5. The molecule has 2 aromatic rings. The van der Waals surface area contributed by atoms with Crippen molar-refractivity contribution in [1.29, 1.82) is 0 Å². The number of hydrogen-bond acceptors (Lipinski definition) is 6. The van der Waals surface area contributed by atoms with Gasteiger partial charge in [-0.15, -0.1) is 0 Å². The molecule has 1 heterocycles. The molecule has 0 aromatic heterocycles. The van der Waals surface area contributed by atoms with E-state index in [1.54, 1.807) is 37.4 Å². The van der Waals surface area contributed by atoms with Crippen LogP contribution < -0.4 is 14.2 Å². The highest BCUT2D eigenvalue weighted by Gasteiger charge is 2.46. The van der Waals surface area contributed by atoms with Crippen LogP contribution in [-0.4, -0.2) is 48.6 Å². The summed E-state index contributed by atoms with van der Waals surface area (Å²) in [6.45, 7) is 13.3. The molecule has 0 spiro atoms. The number of methoxy groups -OCH3 is 1. The molecule has 7 heteroatoms. The van der Waals surface area contributed by atoms with E-state index in [1.807, 2.05) is 26.8 Å². The Bertz CT molecular complexity index is 1160. The van der Waals surface area contributed by atoms with Gasteiger partial charge >= 0.3 is 0 Å². The number of hydrogen-bond donors (Lipinski definition) is 1. The molecule has 1 N–H and O–H groups in total. The number of amides is 1. The lowest BCUT2D eigenvalue weighted by Crippen LogP contribution is -2.30. The van der Waals surface area contributed by atoms with Gasteiger partial charge in [-0.3, -0.25) is 9.59 Å². The number of carbonyl (C=O) groups is 2. The van der Waals surface area contributed by atoms with Crippen molar-refractivity contribution in [1.82, 2.24) is 4.90 Å². The van der Waals surface area contributed by atoms with E-state index >= 15 is 0 Å². The largest absolute Gasteiger partial charge is 0.507 e. The maximum Gasteiger partial charge on any atom is 0.295 e. The van der Waals surface area contributed by atoms with Crippen LogP contribution in [0.15, 0.2) is 42.0 Å². The first kappa shape index (κ1) is 27.1. The molecule has 1 atom stereocenters. The lowest BCUT2D eigenvalue weighted by atomic mass is 9.84. The molecule has 0 saturated carbocycles. The van der Waals surface area contributed by atoms with E-state index in [1.165, 1.54) is 4.90 Å². The smallest absolute Gasteiger partial charge is 0.295 e. The van der Waals surface area contributed by atoms with Crippen molar-refractivity contribution in [2.75, 3.05) is 26.9 Å². The molecule has 1 amide bonds. The molecule has 36 heavy (non-hydrogen) atoms. The van der Waals surface area contributed by atoms with Gasteiger partial charge in [0.25, 0.3) is 11.7 Å². The molecule has 194 valence electrons. The first-order chi connectivity index (χ1) is 17.1. The van der Waals surface area contributed by atoms with E-state index in [4.69, 9.17) is 14.2 Å². The Labute approximate surface area is 213 Å². The molecule has 1 unspecified atom stereocenters. The highest BCUT2D eigenvalue weighted by molar-refractivity contribution is 6.46. The van der Waals surface area contributed by atoms with Gasteiger partial charge in [0.1, 0.15) is 11.5 Å². The van der Waals surface area contributed by atoms with Gasteiger partial charge in [-0.1, -0.05) is 33.8 Å². The lowest BCUT2D eigenvalue weighted by Gasteiger charge is -2.26. The van der Waals surface area contributed by atoms with Gasteiger partial charge in [0.2, 0.25) is 0 Å². The molecule has 1 saturated heterocycles. The number of benzene rings is 2. The van der Waals surface area contributed by atoms with Gasteiger partial charge in [-0.2, -0.15) is 0 Å². The molecule has 1 aliphatic rings. The summed E-state index contributed by atoms with van der Waals surface area (Å²) in [6.07, 6.45) is 0.662. The number of rotatable bonds is 9. The Morgan fingerprint density at radius 1 is 0.944 bits per heavy atom. The second kappa shape index (κ2) is 11.1. The van der Waals surface area contributed by atoms with Crippen molar-refractivity contribution in [3.05, 3.63) is 58.7 Å². The normalized spacial score (nSPS) is 17.4. The average Bonchev–Trinajstić information content (AvgIpc) is 3.09. The van der Waals surface area contributed by atoms with E-state index in [9.17, 15) is 14.7 Å². The number of ketones is 1. The van der Waals surface area contributed by atoms with E-state index in [2.05, 4.69) is 20.8 Å². The molecule has 2 aromatic carbocycles. The maximum atomic E-state index is 13.3. The van der Waals surface area contributed by atoms with Crippen LogP contribution in [0, 0.1) is 0 Å². The summed E-state index contributed by atoms with van der Waals surface area (Å²) in [5.41, 5.74) is 1.81. The van der Waals surface area contributed by atoms with Crippen molar-refractivity contribution in [2.45, 2.75) is 59.4 Å². The fraction of sp³-hybridized carbons (Fsp3) is 0.448. The number of Topliss-reactive ketones (excluding diaryl/α,β-unsaturated/α-hetero) is 1. The van der Waals surface area contributed by atoms with E-state index in [0.29, 0.717) is 48.8 Å².